The lowest BCUT2D eigenvalue weighted by Crippen LogP contribution is -2.22. The smallest absolute Gasteiger partial charge is 0.234 e. The van der Waals surface area contributed by atoms with E-state index in [9.17, 15) is 4.79 Å². The van der Waals surface area contributed by atoms with Crippen molar-refractivity contribution in [3.05, 3.63) is 29.8 Å². The Hall–Kier alpha value is -1.60. The van der Waals surface area contributed by atoms with Gasteiger partial charge in [0.2, 0.25) is 6.08 Å². The van der Waals surface area contributed by atoms with Gasteiger partial charge in [0, 0.05) is 0 Å². The molecule has 0 heterocycles. The van der Waals surface area contributed by atoms with E-state index in [2.05, 4.69) is 4.99 Å². The van der Waals surface area contributed by atoms with E-state index in [1.807, 2.05) is 45.0 Å². The molecule has 0 radical (unpaired) electrons. The van der Waals surface area contributed by atoms with Crippen LogP contribution in [0.4, 0.5) is 0 Å². The first kappa shape index (κ1) is 13.5. The molecular weight excluding hydrogens is 214 g/mol. The van der Waals surface area contributed by atoms with Gasteiger partial charge in [-0.05, 0) is 51.3 Å². The fourth-order valence-electron chi connectivity index (χ4n) is 1.49. The largest absolute Gasteiger partial charge is 0.488 e. The van der Waals surface area contributed by atoms with Crippen molar-refractivity contribution in [2.75, 3.05) is 6.54 Å². The van der Waals surface area contributed by atoms with E-state index in [4.69, 9.17) is 4.74 Å². The summed E-state index contributed by atoms with van der Waals surface area (Å²) in [6.07, 6.45) is 3.33. The third-order valence-electron chi connectivity index (χ3n) is 2.15. The Balaban J connectivity index is 2.47. The van der Waals surface area contributed by atoms with Crippen molar-refractivity contribution in [3.8, 4) is 5.75 Å². The highest BCUT2D eigenvalue weighted by atomic mass is 16.5. The topological polar surface area (TPSA) is 38.7 Å². The highest BCUT2D eigenvalue weighted by molar-refractivity contribution is 5.32. The maximum Gasteiger partial charge on any atom is 0.234 e. The van der Waals surface area contributed by atoms with Crippen LogP contribution in [0.25, 0.3) is 0 Å². The molecule has 92 valence electrons. The first-order valence-corrected chi connectivity index (χ1v) is 5.83. The van der Waals surface area contributed by atoms with Crippen LogP contribution in [0.2, 0.25) is 0 Å². The summed E-state index contributed by atoms with van der Waals surface area (Å²) in [7, 11) is 0. The van der Waals surface area contributed by atoms with E-state index in [1.165, 1.54) is 5.56 Å². The Morgan fingerprint density at radius 3 is 2.41 bits per heavy atom. The standard InChI is InChI=1S/C14H19NO2/c1-14(2,3)17-13-8-6-12(7-9-13)5-4-10-15-11-16/h6-9H,4-5,10H2,1-3H3. The normalized spacial score (nSPS) is 10.8. The second-order valence-corrected chi connectivity index (χ2v) is 4.93. The number of hydrogen-bond acceptors (Lipinski definition) is 3. The van der Waals surface area contributed by atoms with Crippen molar-refractivity contribution in [3.63, 3.8) is 0 Å². The maximum atomic E-state index is 9.89. The van der Waals surface area contributed by atoms with Crippen LogP contribution in [-0.2, 0) is 11.2 Å². The Morgan fingerprint density at radius 2 is 1.88 bits per heavy atom. The van der Waals surface area contributed by atoms with Crippen LogP contribution in [0.1, 0.15) is 32.8 Å². The molecule has 0 N–H and O–H groups in total. The minimum absolute atomic E-state index is 0.166. The summed E-state index contributed by atoms with van der Waals surface area (Å²) in [5.41, 5.74) is 1.06. The number of hydrogen-bond donors (Lipinski definition) is 0. The van der Waals surface area contributed by atoms with Gasteiger partial charge in [0.15, 0.2) is 0 Å². The predicted molar refractivity (Wildman–Crippen MR) is 68.1 cm³/mol. The number of isocyanates is 1. The molecule has 0 amide bonds. The molecule has 0 spiro atoms. The van der Waals surface area contributed by atoms with Crippen molar-refractivity contribution in [1.82, 2.24) is 0 Å². The summed E-state index contributed by atoms with van der Waals surface area (Å²) in [5.74, 6) is 0.882. The van der Waals surface area contributed by atoms with Gasteiger partial charge in [0.1, 0.15) is 11.4 Å². The Morgan fingerprint density at radius 1 is 1.24 bits per heavy atom. The molecule has 3 nitrogen and oxygen atoms in total. The zero-order valence-corrected chi connectivity index (χ0v) is 10.7. The zero-order valence-electron chi connectivity index (χ0n) is 10.7. The molecule has 0 bridgehead atoms. The van der Waals surface area contributed by atoms with E-state index in [-0.39, 0.29) is 5.60 Å². The van der Waals surface area contributed by atoms with Crippen molar-refractivity contribution < 1.29 is 9.53 Å². The summed E-state index contributed by atoms with van der Waals surface area (Å²) in [5, 5.41) is 0. The van der Waals surface area contributed by atoms with Crippen molar-refractivity contribution in [1.29, 1.82) is 0 Å². The SMILES string of the molecule is CC(C)(C)Oc1ccc(CCCN=C=O)cc1. The van der Waals surface area contributed by atoms with Crippen molar-refractivity contribution in [2.45, 2.75) is 39.2 Å². The molecule has 1 aromatic carbocycles. The van der Waals surface area contributed by atoms with Gasteiger partial charge in [-0.1, -0.05) is 12.1 Å². The second kappa shape index (κ2) is 6.21. The molecule has 0 aliphatic carbocycles. The highest BCUT2D eigenvalue weighted by Crippen LogP contribution is 2.18. The van der Waals surface area contributed by atoms with Gasteiger partial charge in [-0.3, -0.25) is 0 Å². The molecule has 0 saturated heterocycles. The van der Waals surface area contributed by atoms with Gasteiger partial charge in [0.25, 0.3) is 0 Å². The number of aryl methyl sites for hydroxylation is 1. The minimum Gasteiger partial charge on any atom is -0.488 e. The van der Waals surface area contributed by atoms with Crippen LogP contribution in [0.15, 0.2) is 29.3 Å². The quantitative estimate of drug-likeness (QED) is 0.445. The van der Waals surface area contributed by atoms with E-state index in [0.29, 0.717) is 6.54 Å². The van der Waals surface area contributed by atoms with Gasteiger partial charge < -0.3 is 4.74 Å². The van der Waals surface area contributed by atoms with Gasteiger partial charge >= 0.3 is 0 Å². The van der Waals surface area contributed by atoms with Crippen LogP contribution in [0.3, 0.4) is 0 Å². The Bertz CT molecular complexity index is 384. The van der Waals surface area contributed by atoms with Gasteiger partial charge in [-0.2, -0.15) is 0 Å². The third kappa shape index (κ3) is 5.88. The molecule has 0 atom stereocenters. The molecule has 3 heteroatoms. The number of rotatable bonds is 5. The van der Waals surface area contributed by atoms with Crippen LogP contribution >= 0.6 is 0 Å². The third-order valence-corrected chi connectivity index (χ3v) is 2.15. The van der Waals surface area contributed by atoms with Crippen LogP contribution in [-0.4, -0.2) is 18.2 Å². The lowest BCUT2D eigenvalue weighted by molar-refractivity contribution is 0.131. The van der Waals surface area contributed by atoms with E-state index in [1.54, 1.807) is 6.08 Å². The number of aliphatic imine (C=N–C) groups is 1. The average molecular weight is 233 g/mol. The number of ether oxygens (including phenoxy) is 1. The fourth-order valence-corrected chi connectivity index (χ4v) is 1.49. The van der Waals surface area contributed by atoms with Gasteiger partial charge in [-0.15, -0.1) is 0 Å². The first-order chi connectivity index (χ1) is 8.01. The summed E-state index contributed by atoms with van der Waals surface area (Å²) in [4.78, 5) is 13.4. The van der Waals surface area contributed by atoms with Gasteiger partial charge in [0.05, 0.1) is 6.54 Å². The Kier molecular flexibility index (Phi) is 4.92. The number of carbonyl (C=O) groups excluding carboxylic acids is 1. The number of nitrogens with zero attached hydrogens (tertiary/aromatic N) is 1. The first-order valence-electron chi connectivity index (χ1n) is 5.83. The monoisotopic (exact) mass is 233 g/mol. The molecule has 0 aromatic heterocycles. The molecule has 0 aliphatic rings. The van der Waals surface area contributed by atoms with E-state index in [0.717, 1.165) is 18.6 Å². The molecule has 0 fully saturated rings. The molecule has 0 aliphatic heterocycles. The summed E-state index contributed by atoms with van der Waals surface area (Å²) < 4.78 is 5.73. The van der Waals surface area contributed by atoms with E-state index >= 15 is 0 Å². The van der Waals surface area contributed by atoms with E-state index < -0.39 is 0 Å². The zero-order chi connectivity index (χ0) is 12.7. The fraction of sp³-hybridized carbons (Fsp3) is 0.500. The lowest BCUT2D eigenvalue weighted by Gasteiger charge is -2.21. The molecule has 0 saturated carbocycles. The molecule has 17 heavy (non-hydrogen) atoms. The predicted octanol–water partition coefficient (Wildman–Crippen LogP) is 3.13. The molecule has 1 aromatic rings. The molecule has 1 rings (SSSR count). The summed E-state index contributed by atoms with van der Waals surface area (Å²) >= 11 is 0. The molecular formula is C14H19NO2. The second-order valence-electron chi connectivity index (χ2n) is 4.93. The van der Waals surface area contributed by atoms with Crippen LogP contribution in [0.5, 0.6) is 5.75 Å². The average Bonchev–Trinajstić information content (AvgIpc) is 2.25. The number of benzene rings is 1. The van der Waals surface area contributed by atoms with Crippen LogP contribution in [0, 0.1) is 0 Å². The lowest BCUT2D eigenvalue weighted by atomic mass is 10.1. The van der Waals surface area contributed by atoms with Crippen molar-refractivity contribution in [2.24, 2.45) is 4.99 Å². The molecule has 0 unspecified atom stereocenters. The van der Waals surface area contributed by atoms with Crippen molar-refractivity contribution >= 4 is 6.08 Å². The summed E-state index contributed by atoms with van der Waals surface area (Å²) in [6, 6.07) is 8.05. The van der Waals surface area contributed by atoms with Gasteiger partial charge in [-0.25, -0.2) is 9.79 Å². The summed E-state index contributed by atoms with van der Waals surface area (Å²) in [6.45, 7) is 6.62. The minimum atomic E-state index is -0.166. The van der Waals surface area contributed by atoms with Crippen LogP contribution < -0.4 is 4.74 Å². The highest BCUT2D eigenvalue weighted by Gasteiger charge is 2.11. The Labute approximate surface area is 103 Å². The maximum absolute atomic E-state index is 9.89.